The van der Waals surface area contributed by atoms with Gasteiger partial charge in [0, 0.05) is 0 Å². The zero-order valence-electron chi connectivity index (χ0n) is 8.04. The summed E-state index contributed by atoms with van der Waals surface area (Å²) in [4.78, 5) is -0.485. The van der Waals surface area contributed by atoms with Gasteiger partial charge in [0.15, 0.2) is 17.4 Å². The molecule has 0 fully saturated rings. The van der Waals surface area contributed by atoms with Crippen molar-refractivity contribution in [2.45, 2.75) is 4.90 Å². The van der Waals surface area contributed by atoms with Crippen LogP contribution in [0.1, 0.15) is 0 Å². The Balaban J connectivity index is 3.39. The first-order chi connectivity index (χ1) is 6.92. The minimum absolute atomic E-state index is 0.485. The molecule has 4 nitrogen and oxygen atoms in total. The molecule has 1 N–H and O–H groups in total. The van der Waals surface area contributed by atoms with Gasteiger partial charge in [-0.15, -0.1) is 0 Å². The van der Waals surface area contributed by atoms with Crippen LogP contribution in [-0.2, 0) is 10.0 Å². The Hall–Kier alpha value is -1.21. The maximum Gasteiger partial charge on any atom is 0.240 e. The zero-order chi connectivity index (χ0) is 11.6. The van der Waals surface area contributed by atoms with Crippen molar-refractivity contribution in [2.75, 3.05) is 14.2 Å². The van der Waals surface area contributed by atoms with E-state index in [2.05, 4.69) is 4.74 Å². The lowest BCUT2D eigenvalue weighted by Gasteiger charge is -2.06. The summed E-state index contributed by atoms with van der Waals surface area (Å²) in [5.41, 5.74) is 0. The van der Waals surface area contributed by atoms with Crippen LogP contribution in [0.3, 0.4) is 0 Å². The average Bonchev–Trinajstić information content (AvgIpc) is 2.17. The Bertz CT molecular complexity index is 450. The van der Waals surface area contributed by atoms with E-state index >= 15 is 0 Å². The van der Waals surface area contributed by atoms with E-state index in [1.165, 1.54) is 0 Å². The Labute approximate surface area is 85.9 Å². The van der Waals surface area contributed by atoms with Crippen LogP contribution in [0.5, 0.6) is 5.75 Å². The number of rotatable bonds is 3. The van der Waals surface area contributed by atoms with Gasteiger partial charge in [0.05, 0.1) is 12.0 Å². The fourth-order valence-corrected chi connectivity index (χ4v) is 1.76. The minimum Gasteiger partial charge on any atom is -0.491 e. The molecule has 0 spiro atoms. The van der Waals surface area contributed by atoms with E-state index in [-0.39, 0.29) is 0 Å². The van der Waals surface area contributed by atoms with Crippen LogP contribution < -0.4 is 9.46 Å². The monoisotopic (exact) mass is 237 g/mol. The van der Waals surface area contributed by atoms with Gasteiger partial charge in [-0.2, -0.15) is 0 Å². The van der Waals surface area contributed by atoms with Crippen molar-refractivity contribution < 1.29 is 21.9 Å². The van der Waals surface area contributed by atoms with Gasteiger partial charge in [-0.1, -0.05) is 0 Å². The lowest BCUT2D eigenvalue weighted by Crippen LogP contribution is -2.19. The third-order valence-corrected chi connectivity index (χ3v) is 3.15. The van der Waals surface area contributed by atoms with Gasteiger partial charge < -0.3 is 4.74 Å². The maximum atomic E-state index is 13.1. The summed E-state index contributed by atoms with van der Waals surface area (Å²) < 4.78 is 55.0. The molecule has 15 heavy (non-hydrogen) atoms. The van der Waals surface area contributed by atoms with Crippen molar-refractivity contribution in [1.82, 2.24) is 4.72 Å². The van der Waals surface area contributed by atoms with Crippen molar-refractivity contribution in [3.8, 4) is 5.75 Å². The Morgan fingerprint density at radius 3 is 2.07 bits per heavy atom. The number of methoxy groups -OCH3 is 1. The van der Waals surface area contributed by atoms with Crippen molar-refractivity contribution in [2.24, 2.45) is 0 Å². The molecule has 0 saturated heterocycles. The van der Waals surface area contributed by atoms with Gasteiger partial charge in [-0.25, -0.2) is 21.9 Å². The lowest BCUT2D eigenvalue weighted by molar-refractivity contribution is 0.358. The van der Waals surface area contributed by atoms with E-state index in [4.69, 9.17) is 0 Å². The van der Waals surface area contributed by atoms with Crippen LogP contribution in [0, 0.1) is 11.6 Å². The van der Waals surface area contributed by atoms with Crippen LogP contribution in [0.15, 0.2) is 17.0 Å². The highest BCUT2D eigenvalue weighted by atomic mass is 32.2. The molecule has 0 unspecified atom stereocenters. The minimum atomic E-state index is -3.85. The second kappa shape index (κ2) is 4.11. The standard InChI is InChI=1S/C8H9F2NO3S/c1-11-15(12,13)5-3-6(9)8(14-2)7(10)4-5/h3-4,11H,1-2H3. The average molecular weight is 237 g/mol. The fraction of sp³-hybridized carbons (Fsp3) is 0.250. The van der Waals surface area contributed by atoms with Gasteiger partial charge in [0.2, 0.25) is 10.0 Å². The number of halogens is 2. The first-order valence-electron chi connectivity index (χ1n) is 3.89. The molecule has 0 aliphatic rings. The van der Waals surface area contributed by atoms with Crippen LogP contribution in [0.25, 0.3) is 0 Å². The normalized spacial score (nSPS) is 11.5. The molecule has 0 heterocycles. The summed E-state index contributed by atoms with van der Waals surface area (Å²) in [5, 5.41) is 0. The van der Waals surface area contributed by atoms with Crippen LogP contribution in [0.4, 0.5) is 8.78 Å². The number of nitrogens with one attached hydrogen (secondary N) is 1. The van der Waals surface area contributed by atoms with Gasteiger partial charge >= 0.3 is 0 Å². The number of sulfonamides is 1. The third-order valence-electron chi connectivity index (χ3n) is 1.75. The maximum absolute atomic E-state index is 13.1. The van der Waals surface area contributed by atoms with Crippen LogP contribution in [0.2, 0.25) is 0 Å². The molecular formula is C8H9F2NO3S. The highest BCUT2D eigenvalue weighted by Gasteiger charge is 2.18. The molecule has 0 bridgehead atoms. The van der Waals surface area contributed by atoms with Crippen LogP contribution >= 0.6 is 0 Å². The Morgan fingerprint density at radius 1 is 1.27 bits per heavy atom. The second-order valence-electron chi connectivity index (χ2n) is 2.63. The number of ether oxygens (including phenoxy) is 1. The van der Waals surface area contributed by atoms with Gasteiger partial charge in [0.1, 0.15) is 0 Å². The van der Waals surface area contributed by atoms with Gasteiger partial charge in [0.25, 0.3) is 0 Å². The summed E-state index contributed by atoms with van der Waals surface area (Å²) in [6.45, 7) is 0. The zero-order valence-corrected chi connectivity index (χ0v) is 8.86. The van der Waals surface area contributed by atoms with Crippen molar-refractivity contribution in [1.29, 1.82) is 0 Å². The first kappa shape index (κ1) is 11.9. The Kier molecular flexibility index (Phi) is 3.25. The summed E-state index contributed by atoms with van der Waals surface area (Å²) in [7, 11) is -1.61. The molecule has 0 atom stereocenters. The molecule has 0 radical (unpaired) electrons. The second-order valence-corrected chi connectivity index (χ2v) is 4.51. The first-order valence-corrected chi connectivity index (χ1v) is 5.37. The third kappa shape index (κ3) is 2.24. The fourth-order valence-electron chi connectivity index (χ4n) is 1.00. The SMILES string of the molecule is CNS(=O)(=O)c1cc(F)c(OC)c(F)c1. The molecule has 0 aliphatic heterocycles. The molecule has 1 aromatic rings. The van der Waals surface area contributed by atoms with E-state index < -0.39 is 32.3 Å². The predicted octanol–water partition coefficient (Wildman–Crippen LogP) is 0.881. The summed E-state index contributed by atoms with van der Waals surface area (Å²) in [5.74, 6) is -2.73. The highest BCUT2D eigenvalue weighted by Crippen LogP contribution is 2.24. The van der Waals surface area contributed by atoms with Crippen molar-refractivity contribution in [3.05, 3.63) is 23.8 Å². The molecular weight excluding hydrogens is 228 g/mol. The molecule has 0 saturated carbocycles. The quantitative estimate of drug-likeness (QED) is 0.849. The Morgan fingerprint density at radius 2 is 1.73 bits per heavy atom. The summed E-state index contributed by atoms with van der Waals surface area (Å²) >= 11 is 0. The smallest absolute Gasteiger partial charge is 0.240 e. The summed E-state index contributed by atoms with van der Waals surface area (Å²) in [6.07, 6.45) is 0. The molecule has 84 valence electrons. The predicted molar refractivity (Wildman–Crippen MR) is 49.2 cm³/mol. The molecule has 0 aromatic heterocycles. The molecule has 0 aliphatic carbocycles. The van der Waals surface area contributed by atoms with E-state index in [0.29, 0.717) is 12.1 Å². The highest BCUT2D eigenvalue weighted by molar-refractivity contribution is 7.89. The van der Waals surface area contributed by atoms with Crippen molar-refractivity contribution in [3.63, 3.8) is 0 Å². The van der Waals surface area contributed by atoms with Crippen molar-refractivity contribution >= 4 is 10.0 Å². The van der Waals surface area contributed by atoms with Gasteiger partial charge in [-0.05, 0) is 19.2 Å². The van der Waals surface area contributed by atoms with E-state index in [9.17, 15) is 17.2 Å². The molecule has 0 amide bonds. The van der Waals surface area contributed by atoms with Crippen LogP contribution in [-0.4, -0.2) is 22.6 Å². The van der Waals surface area contributed by atoms with E-state index in [1.807, 2.05) is 4.72 Å². The number of benzene rings is 1. The molecule has 7 heteroatoms. The number of hydrogen-bond donors (Lipinski definition) is 1. The van der Waals surface area contributed by atoms with E-state index in [0.717, 1.165) is 14.2 Å². The summed E-state index contributed by atoms with van der Waals surface area (Å²) in [6, 6.07) is 1.38. The lowest BCUT2D eigenvalue weighted by atomic mass is 10.3. The number of hydrogen-bond acceptors (Lipinski definition) is 3. The molecule has 1 aromatic carbocycles. The van der Waals surface area contributed by atoms with E-state index in [1.54, 1.807) is 0 Å². The molecule has 1 rings (SSSR count). The van der Waals surface area contributed by atoms with Gasteiger partial charge in [-0.3, -0.25) is 0 Å². The topological polar surface area (TPSA) is 55.4 Å². The largest absolute Gasteiger partial charge is 0.491 e.